The van der Waals surface area contributed by atoms with Crippen LogP contribution >= 0.6 is 11.3 Å². The van der Waals surface area contributed by atoms with Gasteiger partial charge in [0, 0.05) is 11.9 Å². The summed E-state index contributed by atoms with van der Waals surface area (Å²) in [5.74, 6) is -0.460. The first-order valence-corrected chi connectivity index (χ1v) is 9.20. The fraction of sp³-hybridized carbons (Fsp3) is 0.222. The molecule has 8 nitrogen and oxygen atoms in total. The van der Waals surface area contributed by atoms with Gasteiger partial charge >= 0.3 is 5.69 Å². The minimum atomic E-state index is -0.510. The number of benzene rings is 1. The summed E-state index contributed by atoms with van der Waals surface area (Å²) in [6.45, 7) is 2.16. The summed E-state index contributed by atoms with van der Waals surface area (Å²) in [5.41, 5.74) is 11.8. The Kier molecular flexibility index (Phi) is 5.22. The van der Waals surface area contributed by atoms with Gasteiger partial charge in [-0.2, -0.15) is 0 Å². The van der Waals surface area contributed by atoms with E-state index in [9.17, 15) is 14.4 Å². The predicted molar refractivity (Wildman–Crippen MR) is 105 cm³/mol. The first-order chi connectivity index (χ1) is 12.9. The minimum Gasteiger partial charge on any atom is -0.384 e. The van der Waals surface area contributed by atoms with E-state index < -0.39 is 17.2 Å². The molecule has 9 heteroatoms. The quantitative estimate of drug-likeness (QED) is 0.649. The standard InChI is InChI=1S/C18H19N5O3S/c1-2-22-17(25)15(12-10-27-14(21-12)8-13(19)24)16(20)23(18(22)26)9-11-6-4-3-5-7-11/h3-7,10H,2,8-9,20H2,1H3,(H2,19,24). The number of anilines is 1. The van der Waals surface area contributed by atoms with Crippen LogP contribution in [0.5, 0.6) is 0 Å². The first kappa shape index (κ1) is 18.6. The predicted octanol–water partition coefficient (Wildman–Crippen LogP) is 0.812. The van der Waals surface area contributed by atoms with Gasteiger partial charge in [-0.05, 0) is 12.5 Å². The number of hydrogen-bond acceptors (Lipinski definition) is 6. The Morgan fingerprint density at radius 1 is 1.19 bits per heavy atom. The molecule has 0 radical (unpaired) electrons. The number of carbonyl (C=O) groups is 1. The smallest absolute Gasteiger partial charge is 0.332 e. The summed E-state index contributed by atoms with van der Waals surface area (Å²) in [4.78, 5) is 41.0. The van der Waals surface area contributed by atoms with Gasteiger partial charge in [-0.3, -0.25) is 18.7 Å². The number of hydrogen-bond donors (Lipinski definition) is 2. The van der Waals surface area contributed by atoms with Crippen molar-refractivity contribution in [2.24, 2.45) is 5.73 Å². The molecule has 0 saturated carbocycles. The van der Waals surface area contributed by atoms with Crippen molar-refractivity contribution in [3.05, 3.63) is 67.1 Å². The normalized spacial score (nSPS) is 10.9. The van der Waals surface area contributed by atoms with Crippen LogP contribution in [-0.2, 0) is 24.3 Å². The third-order valence-corrected chi connectivity index (χ3v) is 4.95. The van der Waals surface area contributed by atoms with Gasteiger partial charge in [0.05, 0.1) is 18.7 Å². The van der Waals surface area contributed by atoms with E-state index in [2.05, 4.69) is 4.98 Å². The maximum absolute atomic E-state index is 12.8. The number of nitrogens with two attached hydrogens (primary N) is 2. The molecule has 0 atom stereocenters. The molecule has 0 spiro atoms. The lowest BCUT2D eigenvalue weighted by Gasteiger charge is -2.15. The Morgan fingerprint density at radius 2 is 1.89 bits per heavy atom. The highest BCUT2D eigenvalue weighted by atomic mass is 32.1. The van der Waals surface area contributed by atoms with Gasteiger partial charge in [0.15, 0.2) is 0 Å². The van der Waals surface area contributed by atoms with Gasteiger partial charge in [0.25, 0.3) is 5.56 Å². The van der Waals surface area contributed by atoms with E-state index in [1.54, 1.807) is 12.3 Å². The Morgan fingerprint density at radius 3 is 2.52 bits per heavy atom. The highest BCUT2D eigenvalue weighted by molar-refractivity contribution is 7.10. The summed E-state index contributed by atoms with van der Waals surface area (Å²) in [5, 5.41) is 2.13. The number of amides is 1. The van der Waals surface area contributed by atoms with Crippen LogP contribution < -0.4 is 22.7 Å². The molecule has 0 fully saturated rings. The lowest BCUT2D eigenvalue weighted by molar-refractivity contribution is -0.117. The summed E-state index contributed by atoms with van der Waals surface area (Å²) in [6.07, 6.45) is -0.0177. The first-order valence-electron chi connectivity index (χ1n) is 8.32. The average molecular weight is 385 g/mol. The van der Waals surface area contributed by atoms with Crippen molar-refractivity contribution in [2.75, 3.05) is 5.73 Å². The average Bonchev–Trinajstić information content (AvgIpc) is 3.07. The van der Waals surface area contributed by atoms with E-state index in [1.807, 2.05) is 30.3 Å². The third kappa shape index (κ3) is 3.68. The van der Waals surface area contributed by atoms with Crippen LogP contribution in [0.1, 0.15) is 17.5 Å². The fourth-order valence-electron chi connectivity index (χ4n) is 2.81. The summed E-state index contributed by atoms with van der Waals surface area (Å²) in [7, 11) is 0. The monoisotopic (exact) mass is 385 g/mol. The van der Waals surface area contributed by atoms with E-state index >= 15 is 0 Å². The molecule has 27 heavy (non-hydrogen) atoms. The lowest BCUT2D eigenvalue weighted by Crippen LogP contribution is -2.41. The van der Waals surface area contributed by atoms with Crippen LogP contribution in [0.3, 0.4) is 0 Å². The number of carbonyl (C=O) groups excluding carboxylic acids is 1. The van der Waals surface area contributed by atoms with Crippen molar-refractivity contribution in [1.82, 2.24) is 14.1 Å². The largest absolute Gasteiger partial charge is 0.384 e. The zero-order chi connectivity index (χ0) is 19.6. The van der Waals surface area contributed by atoms with Crippen LogP contribution in [0, 0.1) is 0 Å². The topological polar surface area (TPSA) is 126 Å². The number of nitrogen functional groups attached to an aromatic ring is 1. The zero-order valence-corrected chi connectivity index (χ0v) is 15.5. The molecule has 2 aromatic heterocycles. The highest BCUT2D eigenvalue weighted by Gasteiger charge is 2.20. The maximum atomic E-state index is 12.8. The van der Waals surface area contributed by atoms with E-state index in [1.165, 1.54) is 15.9 Å². The Balaban J connectivity index is 2.18. The van der Waals surface area contributed by atoms with Gasteiger partial charge in [0.2, 0.25) is 5.91 Å². The van der Waals surface area contributed by atoms with Crippen molar-refractivity contribution < 1.29 is 4.79 Å². The van der Waals surface area contributed by atoms with Crippen molar-refractivity contribution >= 4 is 23.1 Å². The minimum absolute atomic E-state index is 0.0177. The van der Waals surface area contributed by atoms with Crippen molar-refractivity contribution in [3.8, 4) is 11.3 Å². The summed E-state index contributed by atoms with van der Waals surface area (Å²) >= 11 is 1.21. The number of rotatable bonds is 6. The number of aromatic nitrogens is 3. The lowest BCUT2D eigenvalue weighted by atomic mass is 10.2. The molecular weight excluding hydrogens is 366 g/mol. The second-order valence-corrected chi connectivity index (χ2v) is 6.88. The van der Waals surface area contributed by atoms with Crippen molar-refractivity contribution in [3.63, 3.8) is 0 Å². The molecule has 3 rings (SSSR count). The molecule has 0 unspecified atom stereocenters. The fourth-order valence-corrected chi connectivity index (χ4v) is 3.60. The molecule has 1 aromatic carbocycles. The van der Waals surface area contributed by atoms with E-state index in [0.717, 1.165) is 10.1 Å². The third-order valence-electron chi connectivity index (χ3n) is 4.10. The Labute approximate surface area is 158 Å². The molecule has 3 aromatic rings. The van der Waals surface area contributed by atoms with Crippen molar-refractivity contribution in [1.29, 1.82) is 0 Å². The second kappa shape index (κ2) is 7.58. The van der Waals surface area contributed by atoms with Crippen LogP contribution in [0.2, 0.25) is 0 Å². The maximum Gasteiger partial charge on any atom is 0.332 e. The number of thiazole rings is 1. The molecule has 140 valence electrons. The molecule has 0 aliphatic rings. The molecule has 0 aliphatic carbocycles. The SMILES string of the molecule is CCn1c(=O)c(-c2csc(CC(N)=O)n2)c(N)n(Cc2ccccc2)c1=O. The summed E-state index contributed by atoms with van der Waals surface area (Å²) in [6, 6.07) is 9.36. The molecule has 0 aliphatic heterocycles. The van der Waals surface area contributed by atoms with E-state index in [0.29, 0.717) is 10.7 Å². The second-order valence-electron chi connectivity index (χ2n) is 5.93. The summed E-state index contributed by atoms with van der Waals surface area (Å²) < 4.78 is 2.49. The molecular formula is C18H19N5O3S. The number of nitrogens with zero attached hydrogens (tertiary/aromatic N) is 3. The van der Waals surface area contributed by atoms with Gasteiger partial charge in [-0.1, -0.05) is 30.3 Å². The van der Waals surface area contributed by atoms with E-state index in [4.69, 9.17) is 11.5 Å². The molecule has 0 saturated heterocycles. The van der Waals surface area contributed by atoms with Gasteiger partial charge in [-0.25, -0.2) is 9.78 Å². The molecule has 0 bridgehead atoms. The number of primary amides is 1. The zero-order valence-electron chi connectivity index (χ0n) is 14.7. The highest BCUT2D eigenvalue weighted by Crippen LogP contribution is 2.24. The van der Waals surface area contributed by atoms with Gasteiger partial charge < -0.3 is 11.5 Å². The van der Waals surface area contributed by atoms with E-state index in [-0.39, 0.29) is 30.9 Å². The Hall–Kier alpha value is -3.20. The van der Waals surface area contributed by atoms with Crippen LogP contribution in [0.25, 0.3) is 11.3 Å². The van der Waals surface area contributed by atoms with Crippen LogP contribution in [0.15, 0.2) is 45.3 Å². The molecule has 1 amide bonds. The van der Waals surface area contributed by atoms with Crippen molar-refractivity contribution in [2.45, 2.75) is 26.4 Å². The molecule has 2 heterocycles. The van der Waals surface area contributed by atoms with Crippen LogP contribution in [0.4, 0.5) is 5.82 Å². The van der Waals surface area contributed by atoms with Gasteiger partial charge in [0.1, 0.15) is 16.4 Å². The van der Waals surface area contributed by atoms with Gasteiger partial charge in [-0.15, -0.1) is 11.3 Å². The van der Waals surface area contributed by atoms with Crippen LogP contribution in [-0.4, -0.2) is 20.0 Å². The Bertz CT molecular complexity index is 1100. The molecule has 4 N–H and O–H groups in total.